The first-order chi connectivity index (χ1) is 9.94. The molecule has 0 aromatic heterocycles. The molecule has 1 aliphatic carbocycles. The summed E-state index contributed by atoms with van der Waals surface area (Å²) in [5.74, 6) is -0.105. The molecule has 1 fully saturated rings. The van der Waals surface area contributed by atoms with Crippen LogP contribution < -0.4 is 9.62 Å². The molecule has 116 valence electrons. The average Bonchev–Trinajstić information content (AvgIpc) is 2.97. The van der Waals surface area contributed by atoms with Crippen LogP contribution in [0.3, 0.4) is 0 Å². The second-order valence-electron chi connectivity index (χ2n) is 4.70. The molecule has 0 saturated heterocycles. The number of nitro groups is 1. The molecule has 0 spiro atoms. The minimum absolute atomic E-state index is 0.105. The van der Waals surface area contributed by atoms with E-state index in [4.69, 9.17) is 9.57 Å². The van der Waals surface area contributed by atoms with Crippen LogP contribution in [-0.2, 0) is 14.9 Å². The lowest BCUT2D eigenvalue weighted by Crippen LogP contribution is -2.28. The summed E-state index contributed by atoms with van der Waals surface area (Å²) in [6.07, 6.45) is 3.49. The number of methoxy groups -OCH3 is 1. The predicted molar refractivity (Wildman–Crippen MR) is 73.3 cm³/mol. The van der Waals surface area contributed by atoms with Gasteiger partial charge in [-0.05, 0) is 18.9 Å². The molecule has 21 heavy (non-hydrogen) atoms. The second kappa shape index (κ2) is 6.37. The first-order valence-corrected chi connectivity index (χ1v) is 7.92. The van der Waals surface area contributed by atoms with Crippen LogP contribution in [0.2, 0.25) is 0 Å². The highest BCUT2D eigenvalue weighted by atomic mass is 32.2. The summed E-state index contributed by atoms with van der Waals surface area (Å²) in [7, 11) is -2.71. The third-order valence-electron chi connectivity index (χ3n) is 3.27. The molecule has 0 amide bonds. The van der Waals surface area contributed by atoms with Crippen LogP contribution in [0.4, 0.5) is 5.69 Å². The van der Waals surface area contributed by atoms with Crippen molar-refractivity contribution >= 4 is 15.7 Å². The number of hydrogen-bond acceptors (Lipinski definition) is 6. The molecule has 0 heterocycles. The summed E-state index contributed by atoms with van der Waals surface area (Å²) in [4.78, 5) is 17.1. The zero-order valence-corrected chi connectivity index (χ0v) is 12.3. The quantitative estimate of drug-likeness (QED) is 0.633. The molecule has 8 nitrogen and oxygen atoms in total. The fourth-order valence-corrected chi connectivity index (χ4v) is 3.18. The number of nitro benzene ring substituents is 1. The van der Waals surface area contributed by atoms with Gasteiger partial charge in [-0.15, -0.1) is 0 Å². The lowest BCUT2D eigenvalue weighted by atomic mass is 10.3. The summed E-state index contributed by atoms with van der Waals surface area (Å²) in [5, 5.41) is 10.7. The maximum absolute atomic E-state index is 12.2. The Balaban J connectivity index is 2.20. The van der Waals surface area contributed by atoms with E-state index in [-0.39, 0.29) is 22.4 Å². The van der Waals surface area contributed by atoms with Gasteiger partial charge in [-0.1, -0.05) is 17.7 Å². The van der Waals surface area contributed by atoms with E-state index >= 15 is 0 Å². The van der Waals surface area contributed by atoms with Crippen molar-refractivity contribution in [2.24, 2.45) is 0 Å². The molecule has 1 N–H and O–H groups in total. The molecule has 0 radical (unpaired) electrons. The van der Waals surface area contributed by atoms with Crippen molar-refractivity contribution in [3.05, 3.63) is 28.3 Å². The van der Waals surface area contributed by atoms with Crippen LogP contribution in [0, 0.1) is 10.1 Å². The lowest BCUT2D eigenvalue weighted by molar-refractivity contribution is -0.385. The minimum atomic E-state index is -3.95. The zero-order chi connectivity index (χ0) is 15.5. The number of rotatable bonds is 6. The van der Waals surface area contributed by atoms with Gasteiger partial charge >= 0.3 is 0 Å². The molecule has 0 bridgehead atoms. The van der Waals surface area contributed by atoms with Crippen molar-refractivity contribution in [2.45, 2.75) is 36.7 Å². The van der Waals surface area contributed by atoms with Crippen LogP contribution >= 0.6 is 0 Å². The average molecular weight is 316 g/mol. The highest BCUT2D eigenvalue weighted by molar-refractivity contribution is 7.89. The fourth-order valence-electron chi connectivity index (χ4n) is 2.17. The van der Waals surface area contributed by atoms with Gasteiger partial charge in [0.25, 0.3) is 15.7 Å². The Labute approximate surface area is 122 Å². The number of nitrogens with one attached hydrogen (secondary N) is 1. The van der Waals surface area contributed by atoms with Crippen LogP contribution in [-0.4, -0.2) is 26.6 Å². The van der Waals surface area contributed by atoms with Crippen molar-refractivity contribution in [3.8, 4) is 5.75 Å². The second-order valence-corrected chi connectivity index (χ2v) is 6.32. The first kappa shape index (κ1) is 15.7. The third-order valence-corrected chi connectivity index (χ3v) is 4.51. The molecule has 0 atom stereocenters. The molecule has 0 aliphatic heterocycles. The molecule has 0 unspecified atom stereocenters. The smallest absolute Gasteiger partial charge is 0.273 e. The van der Waals surface area contributed by atoms with E-state index in [1.807, 2.05) is 0 Å². The van der Waals surface area contributed by atoms with Gasteiger partial charge < -0.3 is 4.74 Å². The van der Waals surface area contributed by atoms with Gasteiger partial charge in [-0.2, -0.15) is 0 Å². The van der Waals surface area contributed by atoms with Gasteiger partial charge in [0.1, 0.15) is 10.6 Å². The number of non-ortho nitro benzene ring substituents is 1. The maximum atomic E-state index is 12.2. The van der Waals surface area contributed by atoms with E-state index in [9.17, 15) is 18.5 Å². The largest absolute Gasteiger partial charge is 0.495 e. The Kier molecular flexibility index (Phi) is 4.76. The van der Waals surface area contributed by atoms with E-state index in [1.54, 1.807) is 0 Å². The molecule has 1 saturated carbocycles. The Morgan fingerprint density at radius 3 is 2.57 bits per heavy atom. The predicted octanol–water partition coefficient (Wildman–Crippen LogP) is 1.76. The molecule has 1 aromatic carbocycles. The van der Waals surface area contributed by atoms with Gasteiger partial charge in [-0.25, -0.2) is 8.42 Å². The Morgan fingerprint density at radius 2 is 2.00 bits per heavy atom. The van der Waals surface area contributed by atoms with Gasteiger partial charge in [0.05, 0.1) is 24.2 Å². The number of sulfonamides is 1. The van der Waals surface area contributed by atoms with Gasteiger partial charge in [-0.3, -0.25) is 15.0 Å². The summed E-state index contributed by atoms with van der Waals surface area (Å²) in [6, 6.07) is 3.29. The summed E-state index contributed by atoms with van der Waals surface area (Å²) in [6.45, 7) is 0. The number of nitrogens with zero attached hydrogens (tertiary/aromatic N) is 1. The topological polar surface area (TPSA) is 108 Å². The van der Waals surface area contributed by atoms with E-state index in [2.05, 4.69) is 4.89 Å². The van der Waals surface area contributed by atoms with Crippen molar-refractivity contribution < 1.29 is 22.9 Å². The van der Waals surface area contributed by atoms with Gasteiger partial charge in [0.15, 0.2) is 0 Å². The Hall–Kier alpha value is -1.71. The van der Waals surface area contributed by atoms with Crippen LogP contribution in [0.1, 0.15) is 25.7 Å². The standard InChI is InChI=1S/C12H16N2O6S/c1-19-11-8-9(14(15)16)6-7-12(11)21(17,18)13-20-10-4-2-3-5-10/h6-8,10,13H,2-5H2,1H3. The van der Waals surface area contributed by atoms with E-state index in [0.717, 1.165) is 43.9 Å². The fraction of sp³-hybridized carbons (Fsp3) is 0.500. The van der Waals surface area contributed by atoms with Crippen molar-refractivity contribution in [1.82, 2.24) is 4.89 Å². The Bertz CT molecular complexity index is 625. The number of hydrogen-bond donors (Lipinski definition) is 1. The van der Waals surface area contributed by atoms with Gasteiger partial charge in [0.2, 0.25) is 0 Å². The molecule has 9 heteroatoms. The van der Waals surface area contributed by atoms with Crippen molar-refractivity contribution in [1.29, 1.82) is 0 Å². The molecular weight excluding hydrogens is 300 g/mol. The van der Waals surface area contributed by atoms with Crippen molar-refractivity contribution in [3.63, 3.8) is 0 Å². The van der Waals surface area contributed by atoms with Crippen LogP contribution in [0.25, 0.3) is 0 Å². The van der Waals surface area contributed by atoms with Gasteiger partial charge in [0, 0.05) is 6.07 Å². The molecular formula is C12H16N2O6S. The van der Waals surface area contributed by atoms with Crippen LogP contribution in [0.5, 0.6) is 5.75 Å². The summed E-state index contributed by atoms with van der Waals surface area (Å²) < 4.78 is 29.2. The van der Waals surface area contributed by atoms with Crippen LogP contribution in [0.15, 0.2) is 23.1 Å². The van der Waals surface area contributed by atoms with E-state index in [1.165, 1.54) is 7.11 Å². The first-order valence-electron chi connectivity index (χ1n) is 6.44. The number of benzene rings is 1. The summed E-state index contributed by atoms with van der Waals surface area (Å²) >= 11 is 0. The van der Waals surface area contributed by atoms with E-state index < -0.39 is 14.9 Å². The lowest BCUT2D eigenvalue weighted by Gasteiger charge is -2.13. The molecule has 1 aromatic rings. The summed E-state index contributed by atoms with van der Waals surface area (Å²) in [5.41, 5.74) is -0.248. The minimum Gasteiger partial charge on any atom is -0.495 e. The highest BCUT2D eigenvalue weighted by Crippen LogP contribution is 2.28. The number of ether oxygens (including phenoxy) is 1. The highest BCUT2D eigenvalue weighted by Gasteiger charge is 2.25. The molecule has 1 aliphatic rings. The SMILES string of the molecule is COc1cc([N+](=O)[O-])ccc1S(=O)(=O)NOC1CCCC1. The third kappa shape index (κ3) is 3.69. The maximum Gasteiger partial charge on any atom is 0.273 e. The molecule has 2 rings (SSSR count). The van der Waals surface area contributed by atoms with Crippen molar-refractivity contribution in [2.75, 3.05) is 7.11 Å². The van der Waals surface area contributed by atoms with E-state index in [0.29, 0.717) is 0 Å². The Morgan fingerprint density at radius 1 is 1.33 bits per heavy atom. The zero-order valence-electron chi connectivity index (χ0n) is 11.4. The monoisotopic (exact) mass is 316 g/mol. The normalized spacial score (nSPS) is 16.0.